The molecular formula is C17H19BrN4O3. The molecule has 0 saturated carbocycles. The highest BCUT2D eigenvalue weighted by atomic mass is 79.9. The van der Waals surface area contributed by atoms with Crippen molar-refractivity contribution in [2.75, 3.05) is 12.4 Å². The number of hydrogen-bond acceptors (Lipinski definition) is 6. The highest BCUT2D eigenvalue weighted by Gasteiger charge is 2.36. The van der Waals surface area contributed by atoms with E-state index in [1.54, 1.807) is 11.8 Å². The van der Waals surface area contributed by atoms with Crippen LogP contribution in [0.15, 0.2) is 40.3 Å². The molecule has 1 aromatic heterocycles. The first-order chi connectivity index (χ1) is 11.9. The minimum absolute atomic E-state index is 0.227. The van der Waals surface area contributed by atoms with Crippen LogP contribution in [0.3, 0.4) is 0 Å². The van der Waals surface area contributed by atoms with Crippen molar-refractivity contribution in [3.8, 4) is 5.75 Å². The molecule has 25 heavy (non-hydrogen) atoms. The summed E-state index contributed by atoms with van der Waals surface area (Å²) >= 11 is 3.49. The molecule has 1 aliphatic heterocycles. The highest BCUT2D eigenvalue weighted by Crippen LogP contribution is 2.40. The minimum atomic E-state index is -0.502. The van der Waals surface area contributed by atoms with Crippen molar-refractivity contribution >= 4 is 27.8 Å². The van der Waals surface area contributed by atoms with E-state index < -0.39 is 12.0 Å². The lowest BCUT2D eigenvalue weighted by atomic mass is 9.95. The summed E-state index contributed by atoms with van der Waals surface area (Å²) in [5.74, 6) is 0.818. The predicted octanol–water partition coefficient (Wildman–Crippen LogP) is 3.29. The van der Waals surface area contributed by atoms with Gasteiger partial charge in [0.15, 0.2) is 0 Å². The lowest BCUT2D eigenvalue weighted by molar-refractivity contribution is -0.143. The van der Waals surface area contributed by atoms with Crippen LogP contribution in [0.2, 0.25) is 0 Å². The molecular weight excluding hydrogens is 388 g/mol. The number of rotatable bonds is 4. The van der Waals surface area contributed by atoms with E-state index in [1.807, 2.05) is 39.0 Å². The average molecular weight is 407 g/mol. The van der Waals surface area contributed by atoms with Crippen molar-refractivity contribution in [1.82, 2.24) is 14.8 Å². The number of esters is 1. The first kappa shape index (κ1) is 17.5. The van der Waals surface area contributed by atoms with Crippen LogP contribution < -0.4 is 10.1 Å². The van der Waals surface area contributed by atoms with Gasteiger partial charge in [-0.25, -0.2) is 9.48 Å². The zero-order valence-corrected chi connectivity index (χ0v) is 16.0. The smallest absolute Gasteiger partial charge is 0.338 e. The van der Waals surface area contributed by atoms with Crippen molar-refractivity contribution in [2.24, 2.45) is 0 Å². The number of methoxy groups -OCH3 is 1. The number of nitrogens with one attached hydrogen (secondary N) is 1. The number of nitrogens with zero attached hydrogens (tertiary/aromatic N) is 3. The van der Waals surface area contributed by atoms with Gasteiger partial charge in [-0.15, -0.1) is 0 Å². The second kappa shape index (κ2) is 6.87. The lowest BCUT2D eigenvalue weighted by Crippen LogP contribution is -2.30. The Morgan fingerprint density at radius 3 is 2.84 bits per heavy atom. The molecule has 0 unspecified atom stereocenters. The Hall–Kier alpha value is -2.35. The number of carbonyl (C=O) groups is 1. The Balaban J connectivity index is 2.19. The monoisotopic (exact) mass is 406 g/mol. The van der Waals surface area contributed by atoms with E-state index in [2.05, 4.69) is 31.3 Å². The second-order valence-electron chi connectivity index (χ2n) is 5.93. The number of ether oxygens (including phenoxy) is 2. The maximum Gasteiger partial charge on any atom is 0.338 e. The summed E-state index contributed by atoms with van der Waals surface area (Å²) in [5, 5.41) is 7.41. The summed E-state index contributed by atoms with van der Waals surface area (Å²) in [6.07, 6.45) is 1.22. The Morgan fingerprint density at radius 2 is 2.16 bits per heavy atom. The van der Waals surface area contributed by atoms with Crippen LogP contribution in [0.5, 0.6) is 5.75 Å². The molecule has 0 fully saturated rings. The summed E-state index contributed by atoms with van der Waals surface area (Å²) in [7, 11) is 1.60. The maximum absolute atomic E-state index is 12.8. The number of anilines is 1. The van der Waals surface area contributed by atoms with Gasteiger partial charge in [0.25, 0.3) is 0 Å². The van der Waals surface area contributed by atoms with Crippen molar-refractivity contribution in [3.05, 3.63) is 45.8 Å². The molecule has 1 aromatic carbocycles. The van der Waals surface area contributed by atoms with Crippen LogP contribution in [-0.2, 0) is 9.53 Å². The molecule has 3 rings (SSSR count). The largest absolute Gasteiger partial charge is 0.496 e. The normalized spacial score (nSPS) is 16.5. The average Bonchev–Trinajstić information content (AvgIpc) is 3.00. The fourth-order valence-corrected chi connectivity index (χ4v) is 3.22. The molecule has 0 bridgehead atoms. The van der Waals surface area contributed by atoms with Gasteiger partial charge >= 0.3 is 5.97 Å². The van der Waals surface area contributed by atoms with Gasteiger partial charge in [-0.1, -0.05) is 15.9 Å². The first-order valence-corrected chi connectivity index (χ1v) is 8.63. The number of halogens is 1. The highest BCUT2D eigenvalue weighted by molar-refractivity contribution is 9.10. The third kappa shape index (κ3) is 3.26. The molecule has 0 aliphatic carbocycles. The Morgan fingerprint density at radius 1 is 1.40 bits per heavy atom. The Labute approximate surface area is 154 Å². The van der Waals surface area contributed by atoms with E-state index in [4.69, 9.17) is 9.47 Å². The summed E-state index contributed by atoms with van der Waals surface area (Å²) in [4.78, 5) is 17.0. The SMILES string of the molecule is COc1ccc(Br)cc1[C@@H]1C(C(=O)OC(C)C)=C(C)Nc2ncnn21. The van der Waals surface area contributed by atoms with E-state index in [1.165, 1.54) is 6.33 Å². The molecule has 0 radical (unpaired) electrons. The molecule has 0 saturated heterocycles. The van der Waals surface area contributed by atoms with Gasteiger partial charge < -0.3 is 14.8 Å². The molecule has 2 aromatic rings. The fraction of sp³-hybridized carbons (Fsp3) is 0.353. The summed E-state index contributed by atoms with van der Waals surface area (Å²) in [6.45, 7) is 5.46. The zero-order valence-electron chi connectivity index (χ0n) is 14.4. The van der Waals surface area contributed by atoms with Crippen molar-refractivity contribution < 1.29 is 14.3 Å². The number of benzene rings is 1. The summed E-state index contributed by atoms with van der Waals surface area (Å²) in [5.41, 5.74) is 1.95. The van der Waals surface area contributed by atoms with Crippen LogP contribution >= 0.6 is 15.9 Å². The number of fused-ring (bicyclic) bond motifs is 1. The molecule has 1 atom stereocenters. The summed E-state index contributed by atoms with van der Waals surface area (Å²) in [6, 6.07) is 5.14. The van der Waals surface area contributed by atoms with Gasteiger partial charge in [0.1, 0.15) is 18.1 Å². The van der Waals surface area contributed by atoms with Crippen LogP contribution in [-0.4, -0.2) is 33.9 Å². The molecule has 7 nitrogen and oxygen atoms in total. The van der Waals surface area contributed by atoms with Crippen molar-refractivity contribution in [1.29, 1.82) is 0 Å². The van der Waals surface area contributed by atoms with Crippen LogP contribution in [0.4, 0.5) is 5.95 Å². The van der Waals surface area contributed by atoms with Crippen molar-refractivity contribution in [3.63, 3.8) is 0 Å². The molecule has 0 spiro atoms. The Bertz CT molecular complexity index is 844. The van der Waals surface area contributed by atoms with Gasteiger partial charge in [-0.2, -0.15) is 10.1 Å². The van der Waals surface area contributed by atoms with Gasteiger partial charge in [-0.3, -0.25) is 0 Å². The summed E-state index contributed by atoms with van der Waals surface area (Å²) < 4.78 is 13.5. The number of hydrogen-bond donors (Lipinski definition) is 1. The molecule has 8 heteroatoms. The fourth-order valence-electron chi connectivity index (χ4n) is 2.84. The quantitative estimate of drug-likeness (QED) is 0.784. The topological polar surface area (TPSA) is 78.3 Å². The second-order valence-corrected chi connectivity index (χ2v) is 6.85. The molecule has 1 aliphatic rings. The van der Waals surface area contributed by atoms with E-state index in [0.717, 1.165) is 10.0 Å². The van der Waals surface area contributed by atoms with Crippen LogP contribution in [0.25, 0.3) is 0 Å². The minimum Gasteiger partial charge on any atom is -0.496 e. The van der Waals surface area contributed by atoms with E-state index in [-0.39, 0.29) is 6.10 Å². The van der Waals surface area contributed by atoms with E-state index in [0.29, 0.717) is 23.0 Å². The van der Waals surface area contributed by atoms with Crippen molar-refractivity contribution in [2.45, 2.75) is 32.9 Å². The van der Waals surface area contributed by atoms with Gasteiger partial charge in [0, 0.05) is 15.7 Å². The Kier molecular flexibility index (Phi) is 4.80. The van der Waals surface area contributed by atoms with Gasteiger partial charge in [-0.05, 0) is 39.0 Å². The standard InChI is InChI=1S/C17H19BrN4O3/c1-9(2)25-16(23)14-10(3)21-17-19-8-20-22(17)15(14)12-7-11(18)5-6-13(12)24-4/h5-9,15H,1-4H3,(H,19,20,21)/t15-/m1/s1. The maximum atomic E-state index is 12.8. The van der Waals surface area contributed by atoms with E-state index >= 15 is 0 Å². The first-order valence-electron chi connectivity index (χ1n) is 7.84. The number of aromatic nitrogens is 3. The van der Waals surface area contributed by atoms with Crippen LogP contribution in [0.1, 0.15) is 32.4 Å². The van der Waals surface area contributed by atoms with E-state index in [9.17, 15) is 4.79 Å². The predicted molar refractivity (Wildman–Crippen MR) is 96.4 cm³/mol. The number of allylic oxidation sites excluding steroid dienone is 1. The molecule has 2 heterocycles. The molecule has 132 valence electrons. The van der Waals surface area contributed by atoms with Crippen LogP contribution in [0, 0.1) is 0 Å². The third-order valence-electron chi connectivity index (χ3n) is 3.84. The number of carbonyl (C=O) groups excluding carboxylic acids is 1. The van der Waals surface area contributed by atoms with Gasteiger partial charge in [0.2, 0.25) is 5.95 Å². The zero-order chi connectivity index (χ0) is 18.1. The van der Waals surface area contributed by atoms with Gasteiger partial charge in [0.05, 0.1) is 18.8 Å². The molecule has 0 amide bonds. The molecule has 1 N–H and O–H groups in total. The third-order valence-corrected chi connectivity index (χ3v) is 4.34. The lowest BCUT2D eigenvalue weighted by Gasteiger charge is -2.29.